The Morgan fingerprint density at radius 3 is 2.52 bits per heavy atom. The van der Waals surface area contributed by atoms with Crippen LogP contribution in [0.2, 0.25) is 0 Å². The molecule has 2 aromatic rings. The lowest BCUT2D eigenvalue weighted by molar-refractivity contribution is 0.0657. The number of morpholine rings is 1. The van der Waals surface area contributed by atoms with E-state index in [0.717, 1.165) is 55.7 Å². The van der Waals surface area contributed by atoms with Crippen molar-refractivity contribution in [2.75, 3.05) is 44.3 Å². The number of nitrogens with zero attached hydrogens (tertiary/aromatic N) is 5. The van der Waals surface area contributed by atoms with Gasteiger partial charge >= 0.3 is 0 Å². The minimum absolute atomic E-state index is 0.0196. The average Bonchev–Trinajstić information content (AvgIpc) is 3.12. The van der Waals surface area contributed by atoms with Crippen LogP contribution in [0.25, 0.3) is 0 Å². The van der Waals surface area contributed by atoms with E-state index in [0.29, 0.717) is 43.8 Å². The summed E-state index contributed by atoms with van der Waals surface area (Å²) in [5.41, 5.74) is 2.87. The highest BCUT2D eigenvalue weighted by atomic mass is 16.5. The summed E-state index contributed by atoms with van der Waals surface area (Å²) in [6.45, 7) is 7.71. The number of nitrogens with one attached hydrogen (secondary N) is 1. The summed E-state index contributed by atoms with van der Waals surface area (Å²) < 4.78 is 5.43. The third kappa shape index (κ3) is 3.60. The molecule has 0 atom stereocenters. The monoisotopic (exact) mass is 424 g/mol. The van der Waals surface area contributed by atoms with Gasteiger partial charge in [-0.2, -0.15) is 0 Å². The van der Waals surface area contributed by atoms with E-state index in [1.54, 1.807) is 13.0 Å². The van der Waals surface area contributed by atoms with Crippen LogP contribution in [0.15, 0.2) is 10.9 Å². The lowest BCUT2D eigenvalue weighted by atomic mass is 9.76. The first-order chi connectivity index (χ1) is 14.9. The molecule has 0 aromatic carbocycles. The summed E-state index contributed by atoms with van der Waals surface area (Å²) in [5, 5.41) is 0. The number of amides is 1. The molecule has 9 nitrogen and oxygen atoms in total. The lowest BCUT2D eigenvalue weighted by Crippen LogP contribution is -2.45. The molecule has 0 saturated carbocycles. The number of aryl methyl sites for hydroxylation is 2. The Morgan fingerprint density at radius 2 is 1.81 bits per heavy atom. The molecular weight excluding hydrogens is 396 g/mol. The highest BCUT2D eigenvalue weighted by Crippen LogP contribution is 2.44. The number of aromatic amines is 1. The summed E-state index contributed by atoms with van der Waals surface area (Å²) in [7, 11) is 0. The Bertz CT molecular complexity index is 1050. The first kappa shape index (κ1) is 20.1. The summed E-state index contributed by atoms with van der Waals surface area (Å²) >= 11 is 0. The molecule has 2 fully saturated rings. The molecule has 4 heterocycles. The number of rotatable bonds is 2. The van der Waals surface area contributed by atoms with Crippen LogP contribution < -0.4 is 10.5 Å². The molecule has 5 rings (SSSR count). The van der Waals surface area contributed by atoms with Crippen molar-refractivity contribution in [1.29, 1.82) is 0 Å². The number of piperidine rings is 1. The zero-order valence-corrected chi connectivity index (χ0v) is 18.1. The van der Waals surface area contributed by atoms with Crippen molar-refractivity contribution in [3.05, 3.63) is 44.9 Å². The Morgan fingerprint density at radius 1 is 1.06 bits per heavy atom. The van der Waals surface area contributed by atoms with Crippen LogP contribution in [0.4, 0.5) is 5.95 Å². The zero-order chi connectivity index (χ0) is 21.6. The summed E-state index contributed by atoms with van der Waals surface area (Å²) in [5.74, 6) is 1.22. The predicted octanol–water partition coefficient (Wildman–Crippen LogP) is 1.13. The van der Waals surface area contributed by atoms with Gasteiger partial charge in [0.15, 0.2) is 0 Å². The van der Waals surface area contributed by atoms with Crippen LogP contribution in [0.3, 0.4) is 0 Å². The minimum atomic E-state index is -0.126. The number of H-pyrrole nitrogens is 1. The third-order valence-electron chi connectivity index (χ3n) is 6.86. The van der Waals surface area contributed by atoms with Crippen molar-refractivity contribution in [1.82, 2.24) is 24.8 Å². The normalized spacial score (nSPS) is 20.2. The van der Waals surface area contributed by atoms with Gasteiger partial charge in [-0.3, -0.25) is 14.6 Å². The Kier molecular flexibility index (Phi) is 5.00. The quantitative estimate of drug-likeness (QED) is 0.771. The van der Waals surface area contributed by atoms with Crippen molar-refractivity contribution in [2.24, 2.45) is 0 Å². The van der Waals surface area contributed by atoms with Gasteiger partial charge in [0, 0.05) is 42.9 Å². The number of hydrogen-bond acceptors (Lipinski definition) is 7. The van der Waals surface area contributed by atoms with E-state index in [2.05, 4.69) is 19.9 Å². The first-order valence-electron chi connectivity index (χ1n) is 11.0. The van der Waals surface area contributed by atoms with E-state index in [-0.39, 0.29) is 16.9 Å². The largest absolute Gasteiger partial charge is 0.378 e. The Hall–Kier alpha value is -2.81. The molecule has 9 heteroatoms. The molecule has 1 aliphatic carbocycles. The van der Waals surface area contributed by atoms with Crippen LogP contribution in [-0.4, -0.2) is 70.1 Å². The van der Waals surface area contributed by atoms with Crippen LogP contribution in [0.5, 0.6) is 0 Å². The first-order valence-corrected chi connectivity index (χ1v) is 11.0. The lowest BCUT2D eigenvalue weighted by Gasteiger charge is -2.39. The Labute approximate surface area is 180 Å². The third-order valence-corrected chi connectivity index (χ3v) is 6.86. The van der Waals surface area contributed by atoms with E-state index in [4.69, 9.17) is 9.72 Å². The van der Waals surface area contributed by atoms with E-state index in [1.165, 1.54) is 0 Å². The number of aromatic nitrogens is 4. The molecule has 0 radical (unpaired) electrons. The number of carbonyl (C=O) groups is 1. The molecule has 1 amide bonds. The molecule has 2 aliphatic heterocycles. The number of fused-ring (bicyclic) bond motifs is 2. The molecular formula is C22H28N6O3. The maximum atomic E-state index is 13.0. The van der Waals surface area contributed by atoms with Crippen molar-refractivity contribution >= 4 is 11.9 Å². The van der Waals surface area contributed by atoms with E-state index >= 15 is 0 Å². The topological polar surface area (TPSA) is 104 Å². The zero-order valence-electron chi connectivity index (χ0n) is 18.1. The molecule has 3 aliphatic rings. The SMILES string of the molecule is Cc1cc(C(=O)N2CCC3(CCc4c3nc(N3CCOCC3)[nH]c4=O)CC2)nc(C)n1. The maximum Gasteiger partial charge on any atom is 0.272 e. The molecule has 0 bridgehead atoms. The fraction of sp³-hybridized carbons (Fsp3) is 0.591. The fourth-order valence-corrected chi connectivity index (χ4v) is 5.18. The van der Waals surface area contributed by atoms with E-state index < -0.39 is 0 Å². The van der Waals surface area contributed by atoms with Crippen molar-refractivity contribution in [3.8, 4) is 0 Å². The second-order valence-corrected chi connectivity index (χ2v) is 8.83. The summed E-state index contributed by atoms with van der Waals surface area (Å²) in [6, 6.07) is 1.75. The Balaban J connectivity index is 1.37. The highest BCUT2D eigenvalue weighted by Gasteiger charge is 2.45. The second kappa shape index (κ2) is 7.71. The van der Waals surface area contributed by atoms with E-state index in [1.807, 2.05) is 11.8 Å². The number of ether oxygens (including phenoxy) is 1. The van der Waals surface area contributed by atoms with Crippen LogP contribution in [0, 0.1) is 13.8 Å². The van der Waals surface area contributed by atoms with Gasteiger partial charge in [0.25, 0.3) is 11.5 Å². The van der Waals surface area contributed by atoms with Crippen molar-refractivity contribution in [3.63, 3.8) is 0 Å². The molecule has 2 aromatic heterocycles. The summed E-state index contributed by atoms with van der Waals surface area (Å²) in [6.07, 6.45) is 3.29. The number of carbonyl (C=O) groups excluding carboxylic acids is 1. The molecule has 0 unspecified atom stereocenters. The van der Waals surface area contributed by atoms with Crippen LogP contribution in [-0.2, 0) is 16.6 Å². The minimum Gasteiger partial charge on any atom is -0.378 e. The van der Waals surface area contributed by atoms with Gasteiger partial charge in [-0.05, 0) is 45.6 Å². The molecule has 2 saturated heterocycles. The van der Waals surface area contributed by atoms with Gasteiger partial charge in [0.05, 0.1) is 18.9 Å². The van der Waals surface area contributed by atoms with Crippen molar-refractivity contribution in [2.45, 2.75) is 44.9 Å². The summed E-state index contributed by atoms with van der Waals surface area (Å²) in [4.78, 5) is 46.3. The fourth-order valence-electron chi connectivity index (χ4n) is 5.18. The van der Waals surface area contributed by atoms with Gasteiger partial charge in [-0.15, -0.1) is 0 Å². The van der Waals surface area contributed by atoms with E-state index in [9.17, 15) is 9.59 Å². The predicted molar refractivity (Wildman–Crippen MR) is 115 cm³/mol. The average molecular weight is 425 g/mol. The molecule has 1 N–H and O–H groups in total. The van der Waals surface area contributed by atoms with Gasteiger partial charge in [0.1, 0.15) is 11.5 Å². The van der Waals surface area contributed by atoms with Crippen molar-refractivity contribution < 1.29 is 9.53 Å². The number of likely N-dealkylation sites (tertiary alicyclic amines) is 1. The standard InChI is InChI=1S/C22H28N6O3/c1-14-13-17(24-15(2)23-14)20(30)27-7-5-22(6-8-27)4-3-16-18(22)25-21(26-19(16)29)28-9-11-31-12-10-28/h13H,3-12H2,1-2H3,(H,25,26,29). The molecule has 1 spiro atoms. The maximum absolute atomic E-state index is 13.0. The van der Waals surface area contributed by atoms with Gasteiger partial charge in [-0.25, -0.2) is 15.0 Å². The highest BCUT2D eigenvalue weighted by molar-refractivity contribution is 5.92. The van der Waals surface area contributed by atoms with Gasteiger partial charge < -0.3 is 14.5 Å². The number of hydrogen-bond donors (Lipinski definition) is 1. The smallest absolute Gasteiger partial charge is 0.272 e. The molecule has 31 heavy (non-hydrogen) atoms. The molecule has 164 valence electrons. The van der Waals surface area contributed by atoms with Gasteiger partial charge in [0.2, 0.25) is 5.95 Å². The van der Waals surface area contributed by atoms with Crippen LogP contribution in [0.1, 0.15) is 52.5 Å². The van der Waals surface area contributed by atoms with Crippen LogP contribution >= 0.6 is 0 Å². The number of anilines is 1. The second-order valence-electron chi connectivity index (χ2n) is 8.83. The van der Waals surface area contributed by atoms with Gasteiger partial charge in [-0.1, -0.05) is 0 Å².